The smallest absolute Gasteiger partial charge is 0.368 e. The molecule has 0 spiro atoms. The lowest BCUT2D eigenvalue weighted by atomic mass is 11.8. The maximum Gasteiger partial charge on any atom is 0.668 e. The third-order valence-corrected chi connectivity index (χ3v) is 11.2. The highest BCUT2D eigenvalue weighted by Crippen LogP contribution is 2.11. The van der Waals surface area contributed by atoms with E-state index >= 15 is 0 Å². The summed E-state index contributed by atoms with van der Waals surface area (Å²) in [6.45, 7) is 0. The molecule has 0 unspecified atom stereocenters. The minimum Gasteiger partial charge on any atom is -0.368 e. The van der Waals surface area contributed by atoms with Gasteiger partial charge >= 0.3 is 54.3 Å². The van der Waals surface area contributed by atoms with Crippen molar-refractivity contribution in [1.29, 1.82) is 0 Å². The lowest BCUT2D eigenvalue weighted by Gasteiger charge is -2.25. The quantitative estimate of drug-likeness (QED) is 0.116. The van der Waals surface area contributed by atoms with Crippen molar-refractivity contribution in [2.75, 3.05) is 14.2 Å². The van der Waals surface area contributed by atoms with Gasteiger partial charge in [0.05, 0.1) is 0 Å². The Balaban J connectivity index is 0. The van der Waals surface area contributed by atoms with Crippen molar-refractivity contribution in [2.45, 2.75) is 0 Å². The Morgan fingerprint density at radius 3 is 0.929 bits per heavy atom. The summed E-state index contributed by atoms with van der Waals surface area (Å²) in [4.78, 5) is 119. The van der Waals surface area contributed by atoms with E-state index in [-0.39, 0.29) is 0 Å². The van der Waals surface area contributed by atoms with E-state index in [1.807, 2.05) is 0 Å². The van der Waals surface area contributed by atoms with Gasteiger partial charge in [-0.2, -0.15) is 0 Å². The molecule has 0 saturated heterocycles. The van der Waals surface area contributed by atoms with Crippen LogP contribution in [0.5, 0.6) is 0 Å². The zero-order chi connectivity index (χ0) is 23.2. The predicted molar refractivity (Wildman–Crippen MR) is 83.9 cm³/mol. The van der Waals surface area contributed by atoms with E-state index in [1.54, 1.807) is 0 Å². The monoisotopic (exact) mass is 532 g/mol. The summed E-state index contributed by atoms with van der Waals surface area (Å²) in [5, 5.41) is 0. The van der Waals surface area contributed by atoms with Crippen LogP contribution in [0, 0.1) is 0 Å². The summed E-state index contributed by atoms with van der Waals surface area (Å²) < 4.78 is 22.8. The zero-order valence-corrected chi connectivity index (χ0v) is 19.7. The lowest BCUT2D eigenvalue weighted by Crippen LogP contribution is -2.62. The first-order valence-electron chi connectivity index (χ1n) is 5.99. The van der Waals surface area contributed by atoms with Crippen molar-refractivity contribution in [3.63, 3.8) is 0 Å². The second kappa shape index (κ2) is 10.7. The van der Waals surface area contributed by atoms with Crippen LogP contribution in [-0.2, 0) is 25.3 Å². The van der Waals surface area contributed by atoms with E-state index in [0.717, 1.165) is 14.2 Å². The van der Waals surface area contributed by atoms with Gasteiger partial charge in [-0.25, -0.2) is 0 Å². The minimum absolute atomic E-state index is 0.770. The first-order valence-corrected chi connectivity index (χ1v) is 16.3. The molecule has 0 radical (unpaired) electrons. The molecule has 0 aromatic rings. The molecular formula is C2H20O20Si6. The summed E-state index contributed by atoms with van der Waals surface area (Å²) in [6.07, 6.45) is 0. The van der Waals surface area contributed by atoms with Gasteiger partial charge < -0.3 is 92.5 Å². The molecule has 0 aromatic heterocycles. The first kappa shape index (κ1) is 30.7. The number of hydrogen-bond donors (Lipinski definition) is 14. The molecule has 14 N–H and O–H groups in total. The molecule has 0 saturated carbocycles. The molecule has 0 amide bonds. The fourth-order valence-electron chi connectivity index (χ4n) is 0.864. The normalized spacial score (nSPS) is 14.6. The molecule has 0 bridgehead atoms. The van der Waals surface area contributed by atoms with Crippen LogP contribution in [0.1, 0.15) is 0 Å². The van der Waals surface area contributed by atoms with Crippen LogP contribution in [0.2, 0.25) is 0 Å². The second-order valence-corrected chi connectivity index (χ2v) is 14.9. The van der Waals surface area contributed by atoms with Gasteiger partial charge in [0.2, 0.25) is 0 Å². The van der Waals surface area contributed by atoms with E-state index < -0.39 is 54.3 Å². The third-order valence-electron chi connectivity index (χ3n) is 1.59. The average Bonchev–Trinajstić information content (AvgIpc) is 2.30. The number of hydrogen-bond acceptors (Lipinski definition) is 20. The Labute approximate surface area is 161 Å². The van der Waals surface area contributed by atoms with Crippen LogP contribution in [0.4, 0.5) is 0 Å². The maximum absolute atomic E-state index is 9.07. The molecule has 0 aliphatic carbocycles. The molecular weight excluding hydrogens is 513 g/mol. The SMILES string of the molecule is CO[Si](O)(O)O[Si](O)(O)O[Si](O)(O)O.CO[Si](O)(O[Si](O)(O)O)O[Si](O)(O)O. The highest BCUT2D eigenvalue weighted by atomic mass is 28.5. The summed E-state index contributed by atoms with van der Waals surface area (Å²) >= 11 is 0. The van der Waals surface area contributed by atoms with Gasteiger partial charge in [-0.15, -0.1) is 0 Å². The van der Waals surface area contributed by atoms with Crippen molar-refractivity contribution in [2.24, 2.45) is 0 Å². The predicted octanol–water partition coefficient (Wildman–Crippen LogP) is -10.2. The van der Waals surface area contributed by atoms with Gasteiger partial charge in [-0.05, 0) is 0 Å². The fraction of sp³-hybridized carbons (Fsp3) is 1.00. The molecule has 26 heteroatoms. The third kappa shape index (κ3) is 18.5. The molecule has 172 valence electrons. The molecule has 0 fully saturated rings. The van der Waals surface area contributed by atoms with Crippen LogP contribution in [0.15, 0.2) is 0 Å². The Kier molecular flexibility index (Phi) is 11.7. The highest BCUT2D eigenvalue weighted by Gasteiger charge is 2.57. The van der Waals surface area contributed by atoms with Crippen molar-refractivity contribution in [1.82, 2.24) is 0 Å². The number of rotatable bonds is 10. The first-order chi connectivity index (χ1) is 11.9. The van der Waals surface area contributed by atoms with Gasteiger partial charge in [0.1, 0.15) is 0 Å². The van der Waals surface area contributed by atoms with E-state index in [1.165, 1.54) is 0 Å². The van der Waals surface area contributed by atoms with Crippen LogP contribution < -0.4 is 0 Å². The van der Waals surface area contributed by atoms with E-state index in [2.05, 4.69) is 25.3 Å². The second-order valence-electron chi connectivity index (χ2n) is 4.16. The molecule has 20 nitrogen and oxygen atoms in total. The Morgan fingerprint density at radius 2 is 0.714 bits per heavy atom. The van der Waals surface area contributed by atoms with Crippen LogP contribution in [0.3, 0.4) is 0 Å². The molecule has 0 aliphatic heterocycles. The van der Waals surface area contributed by atoms with E-state index in [0.29, 0.717) is 0 Å². The van der Waals surface area contributed by atoms with Crippen molar-refractivity contribution >= 4 is 54.3 Å². The van der Waals surface area contributed by atoms with Crippen molar-refractivity contribution < 1.29 is 92.5 Å². The Hall–Kier alpha value is 0.501. The van der Waals surface area contributed by atoms with Gasteiger partial charge in [0, 0.05) is 14.2 Å². The Morgan fingerprint density at radius 1 is 0.393 bits per heavy atom. The molecule has 28 heavy (non-hydrogen) atoms. The zero-order valence-electron chi connectivity index (χ0n) is 13.7. The van der Waals surface area contributed by atoms with Gasteiger partial charge in [-0.3, -0.25) is 0 Å². The van der Waals surface area contributed by atoms with Crippen LogP contribution in [0.25, 0.3) is 0 Å². The van der Waals surface area contributed by atoms with Crippen molar-refractivity contribution in [3.8, 4) is 0 Å². The summed E-state index contributed by atoms with van der Waals surface area (Å²) in [7, 11) is -28.9. The summed E-state index contributed by atoms with van der Waals surface area (Å²) in [5.74, 6) is 0. The largest absolute Gasteiger partial charge is 0.668 e. The maximum atomic E-state index is 9.07. The summed E-state index contributed by atoms with van der Waals surface area (Å²) in [5.41, 5.74) is 0. The standard InChI is InChI=1S/2CH10O10Si3/c1-9-13(5,6)11-14(7,8)10-12(2,3)4;1-9-14(8,10-12(2,3)4)11-13(5,6)7/h2*2-8H,1H3. The minimum atomic E-state index is -5.25. The highest BCUT2D eigenvalue weighted by molar-refractivity contribution is 6.72. The van der Waals surface area contributed by atoms with Crippen LogP contribution >= 0.6 is 0 Å². The molecule has 0 rings (SSSR count). The Bertz CT molecular complexity index is 429. The van der Waals surface area contributed by atoms with E-state index in [4.69, 9.17) is 67.1 Å². The van der Waals surface area contributed by atoms with E-state index in [9.17, 15) is 0 Å². The molecule has 0 aliphatic rings. The fourth-order valence-corrected chi connectivity index (χ4v) is 8.53. The molecule has 0 aromatic carbocycles. The van der Waals surface area contributed by atoms with Gasteiger partial charge in [-0.1, -0.05) is 0 Å². The van der Waals surface area contributed by atoms with Gasteiger partial charge in [0.15, 0.2) is 0 Å². The topological polar surface area (TPSA) is 339 Å². The summed E-state index contributed by atoms with van der Waals surface area (Å²) in [6, 6.07) is 0. The average molecular weight is 533 g/mol. The van der Waals surface area contributed by atoms with Crippen LogP contribution in [-0.4, -0.2) is 136 Å². The molecule has 0 atom stereocenters. The molecule has 0 heterocycles. The van der Waals surface area contributed by atoms with Gasteiger partial charge in [0.25, 0.3) is 0 Å². The van der Waals surface area contributed by atoms with Crippen molar-refractivity contribution in [3.05, 3.63) is 0 Å². The lowest BCUT2D eigenvalue weighted by molar-refractivity contribution is -0.00518.